The molecule has 1 aromatic carbocycles. The molecular formula is C11H12Br2OS. The smallest absolute Gasteiger partial charge is 0.102 e. The van der Waals surface area contributed by atoms with E-state index in [1.165, 1.54) is 0 Å². The molecule has 1 heterocycles. The molecule has 1 N–H and O–H groups in total. The van der Waals surface area contributed by atoms with E-state index in [1.807, 2.05) is 30.0 Å². The third kappa shape index (κ3) is 2.28. The van der Waals surface area contributed by atoms with Crippen molar-refractivity contribution in [1.82, 2.24) is 0 Å². The van der Waals surface area contributed by atoms with Crippen LogP contribution in [0.3, 0.4) is 0 Å². The summed E-state index contributed by atoms with van der Waals surface area (Å²) in [6.07, 6.45) is 0.835. The molecule has 1 saturated heterocycles. The highest BCUT2D eigenvalue weighted by molar-refractivity contribution is 9.11. The lowest BCUT2D eigenvalue weighted by molar-refractivity contribution is 0.0426. The molecule has 2 rings (SSSR count). The Morgan fingerprint density at radius 2 is 1.93 bits per heavy atom. The largest absolute Gasteiger partial charge is 0.384 e. The Morgan fingerprint density at radius 3 is 2.40 bits per heavy atom. The fourth-order valence-electron chi connectivity index (χ4n) is 1.92. The minimum absolute atomic E-state index is 0.263. The molecule has 0 radical (unpaired) electrons. The van der Waals surface area contributed by atoms with Crippen molar-refractivity contribution < 1.29 is 5.11 Å². The number of rotatable bonds is 1. The van der Waals surface area contributed by atoms with Crippen LogP contribution in [-0.4, -0.2) is 16.1 Å². The molecule has 15 heavy (non-hydrogen) atoms. The second-order valence-corrected chi connectivity index (χ2v) is 7.13. The summed E-state index contributed by atoms with van der Waals surface area (Å²) in [5, 5.41) is 10.9. The maximum absolute atomic E-state index is 10.6. The second-order valence-electron chi connectivity index (χ2n) is 3.85. The molecular weight excluding hydrogens is 340 g/mol. The number of halogens is 2. The number of hydrogen-bond donors (Lipinski definition) is 1. The highest BCUT2D eigenvalue weighted by Gasteiger charge is 2.40. The maximum atomic E-state index is 10.6. The van der Waals surface area contributed by atoms with Gasteiger partial charge in [-0.1, -0.05) is 38.8 Å². The minimum atomic E-state index is -0.670. The Labute approximate surface area is 111 Å². The van der Waals surface area contributed by atoms with Crippen LogP contribution in [0.1, 0.15) is 18.9 Å². The normalized spacial score (nSPS) is 30.8. The van der Waals surface area contributed by atoms with Crippen LogP contribution in [0.5, 0.6) is 0 Å². The van der Waals surface area contributed by atoms with Gasteiger partial charge in [0.2, 0.25) is 0 Å². The van der Waals surface area contributed by atoms with Crippen molar-refractivity contribution in [3.8, 4) is 0 Å². The monoisotopic (exact) mass is 350 g/mol. The second kappa shape index (κ2) is 4.40. The standard InChI is InChI=1S/C11H12Br2OS/c1-7-11(14,2-3-15-7)8-4-9(12)6-10(13)5-8/h4-7,14H,2-3H2,1H3/t7-,11+/m1/s1. The lowest BCUT2D eigenvalue weighted by Crippen LogP contribution is -2.31. The van der Waals surface area contributed by atoms with E-state index in [4.69, 9.17) is 0 Å². The lowest BCUT2D eigenvalue weighted by atomic mass is 9.89. The average molecular weight is 352 g/mol. The zero-order valence-electron chi connectivity index (χ0n) is 8.34. The van der Waals surface area contributed by atoms with Crippen molar-refractivity contribution >= 4 is 43.6 Å². The van der Waals surface area contributed by atoms with Crippen molar-refractivity contribution in [2.45, 2.75) is 24.2 Å². The van der Waals surface area contributed by atoms with Crippen LogP contribution < -0.4 is 0 Å². The minimum Gasteiger partial charge on any atom is -0.384 e. The Bertz CT molecular complexity index is 363. The van der Waals surface area contributed by atoms with E-state index >= 15 is 0 Å². The first-order valence-corrected chi connectivity index (χ1v) is 7.46. The highest BCUT2D eigenvalue weighted by atomic mass is 79.9. The van der Waals surface area contributed by atoms with E-state index in [9.17, 15) is 5.11 Å². The van der Waals surface area contributed by atoms with Gasteiger partial charge in [-0.05, 0) is 35.9 Å². The Kier molecular flexibility index (Phi) is 3.51. The molecule has 1 aromatic rings. The van der Waals surface area contributed by atoms with E-state index < -0.39 is 5.60 Å². The molecule has 1 aliphatic rings. The SMILES string of the molecule is C[C@H]1SCC[C@@]1(O)c1cc(Br)cc(Br)c1. The summed E-state index contributed by atoms with van der Waals surface area (Å²) < 4.78 is 2.01. The molecule has 0 aromatic heterocycles. The predicted octanol–water partition coefficient (Wildman–Crippen LogP) is 3.92. The third-order valence-electron chi connectivity index (χ3n) is 2.89. The van der Waals surface area contributed by atoms with Gasteiger partial charge in [0.1, 0.15) is 5.60 Å². The molecule has 1 aliphatic heterocycles. The van der Waals surface area contributed by atoms with E-state index in [2.05, 4.69) is 38.8 Å². The number of benzene rings is 1. The van der Waals surface area contributed by atoms with Gasteiger partial charge >= 0.3 is 0 Å². The van der Waals surface area contributed by atoms with Crippen molar-refractivity contribution in [1.29, 1.82) is 0 Å². The van der Waals surface area contributed by atoms with Crippen LogP contribution in [0.4, 0.5) is 0 Å². The Balaban J connectivity index is 2.44. The van der Waals surface area contributed by atoms with Crippen LogP contribution >= 0.6 is 43.6 Å². The summed E-state index contributed by atoms with van der Waals surface area (Å²) in [6.45, 7) is 2.09. The Morgan fingerprint density at radius 1 is 1.33 bits per heavy atom. The Hall–Kier alpha value is 0.490. The van der Waals surface area contributed by atoms with Crippen molar-refractivity contribution in [2.75, 3.05) is 5.75 Å². The molecule has 0 amide bonds. The summed E-state index contributed by atoms with van der Waals surface area (Å²) in [6, 6.07) is 6.00. The van der Waals surface area contributed by atoms with Crippen molar-refractivity contribution in [3.63, 3.8) is 0 Å². The first kappa shape index (κ1) is 12.0. The zero-order valence-corrected chi connectivity index (χ0v) is 12.3. The molecule has 1 nitrogen and oxygen atoms in total. The summed E-state index contributed by atoms with van der Waals surface area (Å²) >= 11 is 8.74. The van der Waals surface area contributed by atoms with E-state index in [-0.39, 0.29) is 5.25 Å². The van der Waals surface area contributed by atoms with Gasteiger partial charge in [-0.25, -0.2) is 0 Å². The van der Waals surface area contributed by atoms with Crippen molar-refractivity contribution in [2.24, 2.45) is 0 Å². The highest BCUT2D eigenvalue weighted by Crippen LogP contribution is 2.44. The molecule has 82 valence electrons. The van der Waals surface area contributed by atoms with Crippen LogP contribution in [0.2, 0.25) is 0 Å². The van der Waals surface area contributed by atoms with Gasteiger partial charge in [0.05, 0.1) is 0 Å². The van der Waals surface area contributed by atoms with Gasteiger partial charge in [0.25, 0.3) is 0 Å². The number of aliphatic hydroxyl groups is 1. The van der Waals surface area contributed by atoms with Crippen LogP contribution in [0.15, 0.2) is 27.1 Å². The zero-order chi connectivity index (χ0) is 11.1. The predicted molar refractivity (Wildman–Crippen MR) is 72.3 cm³/mol. The summed E-state index contributed by atoms with van der Waals surface area (Å²) in [7, 11) is 0. The van der Waals surface area contributed by atoms with E-state index in [1.54, 1.807) is 0 Å². The summed E-state index contributed by atoms with van der Waals surface area (Å²) in [4.78, 5) is 0. The molecule has 0 bridgehead atoms. The molecule has 0 aliphatic carbocycles. The van der Waals surface area contributed by atoms with Crippen molar-refractivity contribution in [3.05, 3.63) is 32.7 Å². The van der Waals surface area contributed by atoms with E-state index in [0.717, 1.165) is 26.7 Å². The van der Waals surface area contributed by atoms with E-state index in [0.29, 0.717) is 0 Å². The first-order valence-electron chi connectivity index (χ1n) is 4.83. The van der Waals surface area contributed by atoms with Crippen LogP contribution in [0, 0.1) is 0 Å². The van der Waals surface area contributed by atoms with Crippen LogP contribution in [-0.2, 0) is 5.60 Å². The van der Waals surface area contributed by atoms with Gasteiger partial charge in [-0.3, -0.25) is 0 Å². The van der Waals surface area contributed by atoms with Gasteiger partial charge in [-0.15, -0.1) is 0 Å². The average Bonchev–Trinajstić information content (AvgIpc) is 2.47. The van der Waals surface area contributed by atoms with Gasteiger partial charge in [0.15, 0.2) is 0 Å². The summed E-state index contributed by atoms with van der Waals surface area (Å²) in [5.74, 6) is 1.03. The molecule has 0 unspecified atom stereocenters. The quantitative estimate of drug-likeness (QED) is 0.827. The molecule has 2 atom stereocenters. The third-order valence-corrected chi connectivity index (χ3v) is 5.13. The molecule has 1 fully saturated rings. The number of hydrogen-bond acceptors (Lipinski definition) is 2. The maximum Gasteiger partial charge on any atom is 0.102 e. The van der Waals surface area contributed by atoms with Gasteiger partial charge < -0.3 is 5.11 Å². The molecule has 0 saturated carbocycles. The molecule has 0 spiro atoms. The lowest BCUT2D eigenvalue weighted by Gasteiger charge is -2.27. The molecule has 4 heteroatoms. The topological polar surface area (TPSA) is 20.2 Å². The van der Waals surface area contributed by atoms with Gasteiger partial charge in [-0.2, -0.15) is 11.8 Å². The van der Waals surface area contributed by atoms with Crippen LogP contribution in [0.25, 0.3) is 0 Å². The fraction of sp³-hybridized carbons (Fsp3) is 0.455. The summed E-state index contributed by atoms with van der Waals surface area (Å²) in [5.41, 5.74) is 0.331. The number of thioether (sulfide) groups is 1. The van der Waals surface area contributed by atoms with Gasteiger partial charge in [0, 0.05) is 14.2 Å². The first-order chi connectivity index (χ1) is 7.02. The fourth-order valence-corrected chi connectivity index (χ4v) is 4.52.